The summed E-state index contributed by atoms with van der Waals surface area (Å²) >= 11 is 0. The molecule has 24 heavy (non-hydrogen) atoms. The number of rotatable bonds is 6. The predicted octanol–water partition coefficient (Wildman–Crippen LogP) is 3.18. The summed E-state index contributed by atoms with van der Waals surface area (Å²) in [6.07, 6.45) is 5.80. The molecule has 1 aliphatic heterocycles. The lowest BCUT2D eigenvalue weighted by molar-refractivity contribution is -0.117. The van der Waals surface area contributed by atoms with Gasteiger partial charge in [0.1, 0.15) is 0 Å². The molecule has 1 heterocycles. The predicted molar refractivity (Wildman–Crippen MR) is 98.5 cm³/mol. The Morgan fingerprint density at radius 1 is 1.04 bits per heavy atom. The highest BCUT2D eigenvalue weighted by molar-refractivity contribution is 5.95. The number of hydrogen-bond donors (Lipinski definition) is 3. The van der Waals surface area contributed by atoms with Gasteiger partial charge < -0.3 is 16.0 Å². The standard InChI is InChI=1S/C18H25N3O2.ClH/c22-17(7-4-13-8-10-19-11-9-13)20-15-2-1-3-16(12-15)21-18(23)14-5-6-14;/h1-3,12-14,19H,4-11H2,(H,20,22)(H,21,23);1H. The molecule has 2 fully saturated rings. The molecule has 1 saturated heterocycles. The third kappa shape index (κ3) is 5.80. The van der Waals surface area contributed by atoms with Gasteiger partial charge >= 0.3 is 0 Å². The molecule has 1 aliphatic carbocycles. The van der Waals surface area contributed by atoms with Crippen molar-refractivity contribution in [3.63, 3.8) is 0 Å². The number of piperidine rings is 1. The number of carbonyl (C=O) groups excluding carboxylic acids is 2. The van der Waals surface area contributed by atoms with Gasteiger partial charge in [-0.2, -0.15) is 0 Å². The zero-order valence-electron chi connectivity index (χ0n) is 13.8. The van der Waals surface area contributed by atoms with Gasteiger partial charge in [0.05, 0.1) is 0 Å². The highest BCUT2D eigenvalue weighted by atomic mass is 35.5. The molecular formula is C18H26ClN3O2. The molecule has 1 aromatic carbocycles. The van der Waals surface area contributed by atoms with E-state index >= 15 is 0 Å². The van der Waals surface area contributed by atoms with Crippen molar-refractivity contribution in [2.24, 2.45) is 11.8 Å². The van der Waals surface area contributed by atoms with Crippen molar-refractivity contribution >= 4 is 35.6 Å². The molecule has 0 atom stereocenters. The quantitative estimate of drug-likeness (QED) is 0.737. The molecule has 2 amide bonds. The van der Waals surface area contributed by atoms with Gasteiger partial charge in [-0.3, -0.25) is 9.59 Å². The molecule has 0 unspecified atom stereocenters. The second-order valence-electron chi connectivity index (χ2n) is 6.62. The van der Waals surface area contributed by atoms with Crippen LogP contribution in [0.1, 0.15) is 38.5 Å². The SMILES string of the molecule is Cl.O=C(CCC1CCNCC1)Nc1cccc(NC(=O)C2CC2)c1. The first-order valence-corrected chi connectivity index (χ1v) is 8.62. The monoisotopic (exact) mass is 351 g/mol. The van der Waals surface area contributed by atoms with E-state index in [4.69, 9.17) is 0 Å². The van der Waals surface area contributed by atoms with Crippen molar-refractivity contribution in [3.8, 4) is 0 Å². The van der Waals surface area contributed by atoms with Crippen molar-refractivity contribution in [2.75, 3.05) is 23.7 Å². The number of hydrogen-bond acceptors (Lipinski definition) is 3. The Labute approximate surface area is 149 Å². The maximum atomic E-state index is 12.1. The van der Waals surface area contributed by atoms with Gasteiger partial charge in [0.25, 0.3) is 0 Å². The minimum atomic E-state index is 0. The molecule has 1 aromatic rings. The van der Waals surface area contributed by atoms with E-state index in [1.165, 1.54) is 0 Å². The van der Waals surface area contributed by atoms with E-state index in [9.17, 15) is 9.59 Å². The summed E-state index contributed by atoms with van der Waals surface area (Å²) in [5.41, 5.74) is 1.49. The number of halogens is 1. The second-order valence-corrected chi connectivity index (χ2v) is 6.62. The Bertz CT molecular complexity index is 569. The van der Waals surface area contributed by atoms with Gasteiger partial charge in [-0.1, -0.05) is 6.07 Å². The third-order valence-electron chi connectivity index (χ3n) is 4.60. The van der Waals surface area contributed by atoms with Crippen molar-refractivity contribution in [2.45, 2.75) is 38.5 Å². The molecule has 6 heteroatoms. The average Bonchev–Trinajstić information content (AvgIpc) is 3.39. The lowest BCUT2D eigenvalue weighted by Gasteiger charge is -2.22. The molecule has 132 valence electrons. The Hall–Kier alpha value is -1.59. The lowest BCUT2D eigenvalue weighted by Crippen LogP contribution is -2.28. The van der Waals surface area contributed by atoms with Gasteiger partial charge in [-0.05, 0) is 69.3 Å². The highest BCUT2D eigenvalue weighted by Crippen LogP contribution is 2.30. The van der Waals surface area contributed by atoms with E-state index in [2.05, 4.69) is 16.0 Å². The third-order valence-corrected chi connectivity index (χ3v) is 4.60. The van der Waals surface area contributed by atoms with Crippen molar-refractivity contribution in [1.29, 1.82) is 0 Å². The molecule has 2 aliphatic rings. The summed E-state index contributed by atoms with van der Waals surface area (Å²) in [6.45, 7) is 2.13. The summed E-state index contributed by atoms with van der Waals surface area (Å²) in [5.74, 6) is 0.970. The summed E-state index contributed by atoms with van der Waals surface area (Å²) in [4.78, 5) is 23.9. The topological polar surface area (TPSA) is 70.2 Å². The summed E-state index contributed by atoms with van der Waals surface area (Å²) in [6, 6.07) is 7.38. The van der Waals surface area contributed by atoms with Gasteiger partial charge in [-0.25, -0.2) is 0 Å². The number of carbonyl (C=O) groups is 2. The van der Waals surface area contributed by atoms with Crippen LogP contribution in [-0.4, -0.2) is 24.9 Å². The zero-order chi connectivity index (χ0) is 16.1. The number of amides is 2. The van der Waals surface area contributed by atoms with Crippen LogP contribution in [-0.2, 0) is 9.59 Å². The molecule has 3 rings (SSSR count). The van der Waals surface area contributed by atoms with E-state index in [0.717, 1.165) is 56.6 Å². The fourth-order valence-electron chi connectivity index (χ4n) is 2.99. The van der Waals surface area contributed by atoms with Crippen LogP contribution >= 0.6 is 12.4 Å². The first-order chi connectivity index (χ1) is 11.2. The van der Waals surface area contributed by atoms with Crippen LogP contribution in [0.3, 0.4) is 0 Å². The van der Waals surface area contributed by atoms with Crippen LogP contribution in [0.4, 0.5) is 11.4 Å². The zero-order valence-corrected chi connectivity index (χ0v) is 14.7. The van der Waals surface area contributed by atoms with Crippen molar-refractivity contribution < 1.29 is 9.59 Å². The summed E-state index contributed by atoms with van der Waals surface area (Å²) in [5, 5.41) is 9.18. The number of anilines is 2. The van der Waals surface area contributed by atoms with Crippen LogP contribution in [0.2, 0.25) is 0 Å². The molecule has 0 aromatic heterocycles. The van der Waals surface area contributed by atoms with E-state index in [1.54, 1.807) is 0 Å². The van der Waals surface area contributed by atoms with E-state index in [0.29, 0.717) is 12.3 Å². The van der Waals surface area contributed by atoms with Crippen LogP contribution in [0.25, 0.3) is 0 Å². The van der Waals surface area contributed by atoms with E-state index in [1.807, 2.05) is 24.3 Å². The van der Waals surface area contributed by atoms with Crippen molar-refractivity contribution in [1.82, 2.24) is 5.32 Å². The van der Waals surface area contributed by atoms with Crippen LogP contribution in [0, 0.1) is 11.8 Å². The van der Waals surface area contributed by atoms with Crippen LogP contribution < -0.4 is 16.0 Å². The van der Waals surface area contributed by atoms with Crippen LogP contribution in [0.5, 0.6) is 0 Å². The summed E-state index contributed by atoms with van der Waals surface area (Å²) < 4.78 is 0. The fraction of sp³-hybridized carbons (Fsp3) is 0.556. The largest absolute Gasteiger partial charge is 0.326 e. The minimum Gasteiger partial charge on any atom is -0.326 e. The molecule has 0 radical (unpaired) electrons. The maximum Gasteiger partial charge on any atom is 0.227 e. The van der Waals surface area contributed by atoms with E-state index < -0.39 is 0 Å². The van der Waals surface area contributed by atoms with Gasteiger partial charge in [-0.15, -0.1) is 12.4 Å². The Kier molecular flexibility index (Phi) is 7.06. The highest BCUT2D eigenvalue weighted by Gasteiger charge is 2.29. The molecular weight excluding hydrogens is 326 g/mol. The second kappa shape index (κ2) is 9.04. The molecule has 0 spiro atoms. The molecule has 3 N–H and O–H groups in total. The Morgan fingerprint density at radius 2 is 1.71 bits per heavy atom. The first kappa shape index (κ1) is 18.7. The van der Waals surface area contributed by atoms with Crippen LogP contribution in [0.15, 0.2) is 24.3 Å². The average molecular weight is 352 g/mol. The smallest absolute Gasteiger partial charge is 0.227 e. The maximum absolute atomic E-state index is 12.1. The Morgan fingerprint density at radius 3 is 2.38 bits per heavy atom. The normalized spacial score (nSPS) is 17.7. The molecule has 5 nitrogen and oxygen atoms in total. The number of nitrogens with one attached hydrogen (secondary N) is 3. The summed E-state index contributed by atoms with van der Waals surface area (Å²) in [7, 11) is 0. The minimum absolute atomic E-state index is 0. The number of benzene rings is 1. The van der Waals surface area contributed by atoms with Gasteiger partial charge in [0, 0.05) is 23.7 Å². The van der Waals surface area contributed by atoms with Gasteiger partial charge in [0.15, 0.2) is 0 Å². The lowest BCUT2D eigenvalue weighted by atomic mass is 9.93. The fourth-order valence-corrected chi connectivity index (χ4v) is 2.99. The van der Waals surface area contributed by atoms with E-state index in [-0.39, 0.29) is 30.1 Å². The molecule has 0 bridgehead atoms. The first-order valence-electron chi connectivity index (χ1n) is 8.62. The molecule has 1 saturated carbocycles. The van der Waals surface area contributed by atoms with Crippen molar-refractivity contribution in [3.05, 3.63) is 24.3 Å². The Balaban J connectivity index is 0.00000208. The van der Waals surface area contributed by atoms with Gasteiger partial charge in [0.2, 0.25) is 11.8 Å².